The van der Waals surface area contributed by atoms with E-state index < -0.39 is 23.6 Å². The van der Waals surface area contributed by atoms with Crippen LogP contribution in [0.1, 0.15) is 22.3 Å². The maximum absolute atomic E-state index is 13.2. The van der Waals surface area contributed by atoms with E-state index in [-0.39, 0.29) is 29.4 Å². The van der Waals surface area contributed by atoms with Crippen LogP contribution in [0.15, 0.2) is 72.8 Å². The number of allylic oxidation sites excluding steroid dienone is 2. The highest BCUT2D eigenvalue weighted by Crippen LogP contribution is 2.28. The molecule has 7 nitrogen and oxygen atoms in total. The molecule has 1 atom stereocenters. The van der Waals surface area contributed by atoms with E-state index in [1.165, 1.54) is 50.7 Å². The second-order valence-corrected chi connectivity index (χ2v) is 8.57. The Bertz CT molecular complexity index is 1230. The largest absolute Gasteiger partial charge is 0.504 e. The SMILES string of the molecule is COc1cc(C=CC(=O)C(C(=O)C=Cc2ccc(O)c(OC)c2)[C@H](O)Cc2ccc(C)cc2)ccc1O. The van der Waals surface area contributed by atoms with Crippen molar-refractivity contribution in [1.82, 2.24) is 0 Å². The monoisotopic (exact) mass is 502 g/mol. The molecule has 0 aromatic heterocycles. The quantitative estimate of drug-likeness (QED) is 0.261. The first-order valence-corrected chi connectivity index (χ1v) is 11.6. The molecular formula is C30H30O7. The molecule has 0 aliphatic carbocycles. The first-order valence-electron chi connectivity index (χ1n) is 11.6. The molecule has 3 aromatic carbocycles. The normalized spacial score (nSPS) is 13.0. The molecule has 0 spiro atoms. The molecule has 0 heterocycles. The van der Waals surface area contributed by atoms with Gasteiger partial charge in [0.05, 0.1) is 20.3 Å². The van der Waals surface area contributed by atoms with Gasteiger partial charge in [0.15, 0.2) is 34.6 Å². The van der Waals surface area contributed by atoms with E-state index in [1.807, 2.05) is 31.2 Å². The highest BCUT2D eigenvalue weighted by atomic mass is 16.5. The van der Waals surface area contributed by atoms with Crippen molar-refractivity contribution in [3.05, 3.63) is 95.1 Å². The Hall–Kier alpha value is -4.36. The number of phenols is 2. The molecule has 0 unspecified atom stereocenters. The van der Waals surface area contributed by atoms with Crippen LogP contribution in [0, 0.1) is 12.8 Å². The number of carbonyl (C=O) groups is 2. The van der Waals surface area contributed by atoms with Gasteiger partial charge in [0.2, 0.25) is 0 Å². The summed E-state index contributed by atoms with van der Waals surface area (Å²) in [5.74, 6) is -2.06. The number of hydrogen-bond donors (Lipinski definition) is 3. The topological polar surface area (TPSA) is 113 Å². The number of methoxy groups -OCH3 is 2. The van der Waals surface area contributed by atoms with Gasteiger partial charge < -0.3 is 24.8 Å². The number of aliphatic hydroxyl groups excluding tert-OH is 1. The fourth-order valence-electron chi connectivity index (χ4n) is 3.76. The van der Waals surface area contributed by atoms with E-state index in [0.29, 0.717) is 11.1 Å². The van der Waals surface area contributed by atoms with Crippen molar-refractivity contribution >= 4 is 23.7 Å². The number of carbonyl (C=O) groups excluding carboxylic acids is 2. The van der Waals surface area contributed by atoms with Gasteiger partial charge in [-0.25, -0.2) is 0 Å². The number of aliphatic hydroxyl groups is 1. The van der Waals surface area contributed by atoms with Crippen molar-refractivity contribution in [3.63, 3.8) is 0 Å². The summed E-state index contributed by atoms with van der Waals surface area (Å²) < 4.78 is 10.2. The van der Waals surface area contributed by atoms with Crippen LogP contribution in [0.4, 0.5) is 0 Å². The molecule has 0 bridgehead atoms. The maximum Gasteiger partial charge on any atom is 0.169 e. The van der Waals surface area contributed by atoms with Gasteiger partial charge in [-0.15, -0.1) is 0 Å². The van der Waals surface area contributed by atoms with Gasteiger partial charge in [0.1, 0.15) is 5.92 Å². The zero-order chi connectivity index (χ0) is 26.9. The lowest BCUT2D eigenvalue weighted by molar-refractivity contribution is -0.131. The molecule has 0 saturated carbocycles. The van der Waals surface area contributed by atoms with Gasteiger partial charge in [-0.1, -0.05) is 54.1 Å². The van der Waals surface area contributed by atoms with Crippen LogP contribution in [-0.2, 0) is 16.0 Å². The fraction of sp³-hybridized carbons (Fsp3) is 0.200. The first-order chi connectivity index (χ1) is 17.7. The Kier molecular flexibility index (Phi) is 9.24. The molecule has 0 saturated heterocycles. The van der Waals surface area contributed by atoms with Crippen molar-refractivity contribution in [3.8, 4) is 23.0 Å². The Balaban J connectivity index is 1.87. The summed E-state index contributed by atoms with van der Waals surface area (Å²) in [5.41, 5.74) is 3.01. The molecule has 0 amide bonds. The Labute approximate surface area is 215 Å². The molecule has 0 radical (unpaired) electrons. The van der Waals surface area contributed by atoms with Crippen molar-refractivity contribution < 1.29 is 34.4 Å². The third-order valence-electron chi connectivity index (χ3n) is 5.85. The minimum Gasteiger partial charge on any atom is -0.504 e. The fourth-order valence-corrected chi connectivity index (χ4v) is 3.76. The zero-order valence-electron chi connectivity index (χ0n) is 20.9. The number of hydrogen-bond acceptors (Lipinski definition) is 7. The summed E-state index contributed by atoms with van der Waals surface area (Å²) >= 11 is 0. The Morgan fingerprint density at radius 2 is 1.24 bits per heavy atom. The summed E-state index contributed by atoms with van der Waals surface area (Å²) in [6.45, 7) is 1.95. The average Bonchev–Trinajstić information content (AvgIpc) is 2.89. The van der Waals surface area contributed by atoms with E-state index in [1.54, 1.807) is 24.3 Å². The van der Waals surface area contributed by atoms with E-state index in [2.05, 4.69) is 0 Å². The number of aromatic hydroxyl groups is 2. The van der Waals surface area contributed by atoms with Crippen LogP contribution < -0.4 is 9.47 Å². The Morgan fingerprint density at radius 3 is 1.68 bits per heavy atom. The van der Waals surface area contributed by atoms with Crippen LogP contribution in [0.25, 0.3) is 12.2 Å². The lowest BCUT2D eigenvalue weighted by Gasteiger charge is -2.19. The van der Waals surface area contributed by atoms with Gasteiger partial charge in [0.25, 0.3) is 0 Å². The minimum absolute atomic E-state index is 0.0384. The van der Waals surface area contributed by atoms with Gasteiger partial charge in [0, 0.05) is 0 Å². The van der Waals surface area contributed by atoms with E-state index in [0.717, 1.165) is 11.1 Å². The molecule has 0 aliphatic heterocycles. The summed E-state index contributed by atoms with van der Waals surface area (Å²) in [5, 5.41) is 30.6. The molecule has 0 aliphatic rings. The molecular weight excluding hydrogens is 472 g/mol. The van der Waals surface area contributed by atoms with Crippen LogP contribution in [0.3, 0.4) is 0 Å². The lowest BCUT2D eigenvalue weighted by Crippen LogP contribution is -2.35. The van der Waals surface area contributed by atoms with Crippen molar-refractivity contribution in [2.45, 2.75) is 19.4 Å². The van der Waals surface area contributed by atoms with Crippen LogP contribution >= 0.6 is 0 Å². The smallest absolute Gasteiger partial charge is 0.169 e. The number of aryl methyl sites for hydroxylation is 1. The molecule has 192 valence electrons. The number of phenolic OH excluding ortho intramolecular Hbond substituents is 2. The molecule has 3 aromatic rings. The van der Waals surface area contributed by atoms with Crippen LogP contribution in [0.5, 0.6) is 23.0 Å². The number of rotatable bonds is 11. The summed E-state index contributed by atoms with van der Waals surface area (Å²) in [4.78, 5) is 26.4. The summed E-state index contributed by atoms with van der Waals surface area (Å²) in [6, 6.07) is 16.7. The third-order valence-corrected chi connectivity index (χ3v) is 5.85. The van der Waals surface area contributed by atoms with Crippen LogP contribution in [0.2, 0.25) is 0 Å². The molecule has 3 N–H and O–H groups in total. The van der Waals surface area contributed by atoms with E-state index >= 15 is 0 Å². The van der Waals surface area contributed by atoms with E-state index in [4.69, 9.17) is 9.47 Å². The van der Waals surface area contributed by atoms with Crippen molar-refractivity contribution in [1.29, 1.82) is 0 Å². The van der Waals surface area contributed by atoms with Gasteiger partial charge in [-0.2, -0.15) is 0 Å². The highest BCUT2D eigenvalue weighted by molar-refractivity contribution is 6.14. The highest BCUT2D eigenvalue weighted by Gasteiger charge is 2.31. The van der Waals surface area contributed by atoms with Crippen molar-refractivity contribution in [2.24, 2.45) is 5.92 Å². The van der Waals surface area contributed by atoms with E-state index in [9.17, 15) is 24.9 Å². The second kappa shape index (κ2) is 12.6. The number of ether oxygens (including phenoxy) is 2. The molecule has 0 fully saturated rings. The van der Waals surface area contributed by atoms with Gasteiger partial charge >= 0.3 is 0 Å². The average molecular weight is 503 g/mol. The molecule has 7 heteroatoms. The molecule has 3 rings (SSSR count). The minimum atomic E-state index is -1.34. The number of benzene rings is 3. The van der Waals surface area contributed by atoms with Gasteiger partial charge in [-0.05, 0) is 66.5 Å². The summed E-state index contributed by atoms with van der Waals surface area (Å²) in [6.07, 6.45) is 4.33. The lowest BCUT2D eigenvalue weighted by atomic mass is 9.87. The number of ketones is 2. The zero-order valence-corrected chi connectivity index (χ0v) is 20.9. The second-order valence-electron chi connectivity index (χ2n) is 8.57. The predicted molar refractivity (Wildman–Crippen MR) is 142 cm³/mol. The van der Waals surface area contributed by atoms with Crippen LogP contribution in [-0.4, -0.2) is 47.2 Å². The van der Waals surface area contributed by atoms with Gasteiger partial charge in [-0.3, -0.25) is 9.59 Å². The Morgan fingerprint density at radius 1 is 0.784 bits per heavy atom. The molecule has 37 heavy (non-hydrogen) atoms. The third kappa shape index (κ3) is 7.32. The standard InChI is InChI=1S/C30H30O7/c1-19-4-6-20(7-5-19)16-27(35)30(25(33)14-10-21-8-12-23(31)28(17-21)36-2)26(34)15-11-22-9-13-24(32)29(18-22)37-3/h4-15,17-18,27,30-32,35H,16H2,1-3H3/t27-,30?/m1/s1. The maximum atomic E-state index is 13.2. The first kappa shape index (κ1) is 27.2. The summed E-state index contributed by atoms with van der Waals surface area (Å²) in [7, 11) is 2.83. The predicted octanol–water partition coefficient (Wildman–Crippen LogP) is 4.51. The van der Waals surface area contributed by atoms with Crippen molar-refractivity contribution in [2.75, 3.05) is 14.2 Å².